The van der Waals surface area contributed by atoms with Crippen LogP contribution in [-0.2, 0) is 4.74 Å². The van der Waals surface area contributed by atoms with E-state index < -0.39 is 5.97 Å². The van der Waals surface area contributed by atoms with Crippen LogP contribution in [0.3, 0.4) is 0 Å². The zero-order valence-electron chi connectivity index (χ0n) is 10.5. The van der Waals surface area contributed by atoms with E-state index in [1.54, 1.807) is 6.92 Å². The number of nitrogens with two attached hydrogens (primary N) is 1. The van der Waals surface area contributed by atoms with E-state index in [4.69, 9.17) is 21.0 Å². The number of hydrogen-bond acceptors (Lipinski definition) is 7. The minimum Gasteiger partial charge on any atom is -0.462 e. The van der Waals surface area contributed by atoms with Crippen LogP contribution in [0.25, 0.3) is 0 Å². The lowest BCUT2D eigenvalue weighted by Gasteiger charge is -2.19. The van der Waals surface area contributed by atoms with Gasteiger partial charge in [-0.05, 0) is 13.0 Å². The molecule has 0 spiro atoms. The fraction of sp³-hybridized carbons (Fsp3) is 0.333. The third-order valence-corrected chi connectivity index (χ3v) is 2.29. The van der Waals surface area contributed by atoms with Crippen molar-refractivity contribution in [2.24, 2.45) is 0 Å². The zero-order chi connectivity index (χ0) is 14.3. The van der Waals surface area contributed by atoms with Crippen molar-refractivity contribution >= 4 is 17.5 Å². The highest BCUT2D eigenvalue weighted by atomic mass is 16.5. The van der Waals surface area contributed by atoms with Gasteiger partial charge in [-0.2, -0.15) is 10.5 Å². The largest absolute Gasteiger partial charge is 0.462 e. The molecule has 0 aromatic carbocycles. The quantitative estimate of drug-likeness (QED) is 0.610. The van der Waals surface area contributed by atoms with Crippen LogP contribution in [0.1, 0.15) is 17.3 Å². The van der Waals surface area contributed by atoms with E-state index in [1.807, 2.05) is 12.1 Å². The number of nitrogen functional groups attached to an aromatic ring is 1. The fourth-order valence-corrected chi connectivity index (χ4v) is 1.48. The standard InChI is InChI=1S/C12H13N5O2/c1-2-19-12(18)9-3-6-16-11(10(9)15)17(7-4-13)8-5-14/h3,6H,2,7-8,15H2,1H3. The number of anilines is 2. The van der Waals surface area contributed by atoms with Crippen LogP contribution in [0.15, 0.2) is 12.3 Å². The summed E-state index contributed by atoms with van der Waals surface area (Å²) in [6, 6.07) is 5.27. The second-order valence-electron chi connectivity index (χ2n) is 3.49. The van der Waals surface area contributed by atoms with E-state index in [0.717, 1.165) is 0 Å². The summed E-state index contributed by atoms with van der Waals surface area (Å²) in [5, 5.41) is 17.4. The number of carbonyl (C=O) groups is 1. The topological polar surface area (TPSA) is 116 Å². The molecule has 98 valence electrons. The molecule has 1 aromatic rings. The number of nitrogens with zero attached hydrogens (tertiary/aromatic N) is 4. The molecule has 0 aliphatic rings. The molecule has 1 heterocycles. The number of aromatic nitrogens is 1. The molecule has 7 heteroatoms. The van der Waals surface area contributed by atoms with Gasteiger partial charge in [0.1, 0.15) is 13.1 Å². The highest BCUT2D eigenvalue weighted by Gasteiger charge is 2.18. The molecule has 19 heavy (non-hydrogen) atoms. The van der Waals surface area contributed by atoms with Crippen molar-refractivity contribution in [3.63, 3.8) is 0 Å². The Bertz CT molecular complexity index is 528. The predicted molar refractivity (Wildman–Crippen MR) is 68.0 cm³/mol. The van der Waals surface area contributed by atoms with E-state index in [2.05, 4.69) is 4.98 Å². The maximum Gasteiger partial charge on any atom is 0.340 e. The lowest BCUT2D eigenvalue weighted by molar-refractivity contribution is 0.0527. The summed E-state index contributed by atoms with van der Waals surface area (Å²) in [5.41, 5.74) is 6.13. The van der Waals surface area contributed by atoms with Gasteiger partial charge in [-0.25, -0.2) is 9.78 Å². The third kappa shape index (κ3) is 3.33. The summed E-state index contributed by atoms with van der Waals surface area (Å²) in [6.45, 7) is 1.83. The second kappa shape index (κ2) is 6.82. The summed E-state index contributed by atoms with van der Waals surface area (Å²) in [4.78, 5) is 17.1. The minimum absolute atomic E-state index is 0.0446. The third-order valence-electron chi connectivity index (χ3n) is 2.29. The summed E-state index contributed by atoms with van der Waals surface area (Å²) in [7, 11) is 0. The van der Waals surface area contributed by atoms with Gasteiger partial charge in [0.05, 0.1) is 30.0 Å². The molecule has 0 aliphatic carbocycles. The van der Waals surface area contributed by atoms with Crippen molar-refractivity contribution in [2.45, 2.75) is 6.92 Å². The molecular formula is C12H13N5O2. The highest BCUT2D eigenvalue weighted by molar-refractivity contribution is 5.97. The molecule has 0 radical (unpaired) electrons. The molecule has 0 amide bonds. The summed E-state index contributed by atoms with van der Waals surface area (Å²) in [5.74, 6) is -0.328. The number of rotatable bonds is 5. The number of ether oxygens (including phenoxy) is 1. The van der Waals surface area contributed by atoms with Crippen molar-refractivity contribution < 1.29 is 9.53 Å². The Morgan fingerprint density at radius 3 is 2.63 bits per heavy atom. The van der Waals surface area contributed by atoms with Crippen LogP contribution >= 0.6 is 0 Å². The Hall–Kier alpha value is -2.80. The number of nitriles is 2. The van der Waals surface area contributed by atoms with Gasteiger partial charge in [0.2, 0.25) is 0 Å². The average Bonchev–Trinajstić information content (AvgIpc) is 2.39. The van der Waals surface area contributed by atoms with Crippen LogP contribution in [0.5, 0.6) is 0 Å². The second-order valence-corrected chi connectivity index (χ2v) is 3.49. The zero-order valence-corrected chi connectivity index (χ0v) is 10.5. The Morgan fingerprint density at radius 2 is 2.11 bits per heavy atom. The minimum atomic E-state index is -0.558. The molecule has 0 unspecified atom stereocenters. The first kappa shape index (κ1) is 14.3. The van der Waals surface area contributed by atoms with Crippen molar-refractivity contribution in [2.75, 3.05) is 30.3 Å². The van der Waals surface area contributed by atoms with Gasteiger partial charge in [0, 0.05) is 6.20 Å². The monoisotopic (exact) mass is 259 g/mol. The maximum atomic E-state index is 11.7. The number of carbonyl (C=O) groups excluding carboxylic acids is 1. The average molecular weight is 259 g/mol. The molecule has 0 saturated carbocycles. The van der Waals surface area contributed by atoms with Crippen molar-refractivity contribution in [3.8, 4) is 12.1 Å². The number of hydrogen-bond donors (Lipinski definition) is 1. The van der Waals surface area contributed by atoms with Gasteiger partial charge in [-0.1, -0.05) is 0 Å². The lowest BCUT2D eigenvalue weighted by Crippen LogP contribution is -2.26. The van der Waals surface area contributed by atoms with Gasteiger partial charge in [0.15, 0.2) is 5.82 Å². The van der Waals surface area contributed by atoms with E-state index in [1.165, 1.54) is 17.2 Å². The van der Waals surface area contributed by atoms with Crippen LogP contribution in [0.4, 0.5) is 11.5 Å². The molecular weight excluding hydrogens is 246 g/mol. The van der Waals surface area contributed by atoms with Crippen LogP contribution < -0.4 is 10.6 Å². The normalized spacial score (nSPS) is 9.21. The fourth-order valence-electron chi connectivity index (χ4n) is 1.48. The first-order valence-corrected chi connectivity index (χ1v) is 5.56. The summed E-state index contributed by atoms with van der Waals surface area (Å²) < 4.78 is 4.87. The Morgan fingerprint density at radius 1 is 1.47 bits per heavy atom. The number of esters is 1. The molecule has 2 N–H and O–H groups in total. The molecule has 0 atom stereocenters. The highest BCUT2D eigenvalue weighted by Crippen LogP contribution is 2.24. The van der Waals surface area contributed by atoms with Crippen molar-refractivity contribution in [3.05, 3.63) is 17.8 Å². The van der Waals surface area contributed by atoms with Gasteiger partial charge in [-0.15, -0.1) is 0 Å². The lowest BCUT2D eigenvalue weighted by atomic mass is 10.2. The molecule has 0 saturated heterocycles. The van der Waals surface area contributed by atoms with E-state index >= 15 is 0 Å². The summed E-state index contributed by atoms with van der Waals surface area (Å²) >= 11 is 0. The molecule has 1 rings (SSSR count). The first-order valence-electron chi connectivity index (χ1n) is 5.56. The maximum absolute atomic E-state index is 11.7. The van der Waals surface area contributed by atoms with Crippen LogP contribution in [-0.4, -0.2) is 30.6 Å². The predicted octanol–water partition coefficient (Wildman–Crippen LogP) is 0.694. The van der Waals surface area contributed by atoms with Gasteiger partial charge in [0.25, 0.3) is 0 Å². The van der Waals surface area contributed by atoms with Crippen molar-refractivity contribution in [1.82, 2.24) is 4.98 Å². The Labute approximate surface area is 110 Å². The molecule has 0 bridgehead atoms. The van der Waals surface area contributed by atoms with Crippen molar-refractivity contribution in [1.29, 1.82) is 10.5 Å². The van der Waals surface area contributed by atoms with Gasteiger partial charge in [-0.3, -0.25) is 0 Å². The smallest absolute Gasteiger partial charge is 0.340 e. The van der Waals surface area contributed by atoms with Gasteiger partial charge >= 0.3 is 5.97 Å². The molecule has 0 fully saturated rings. The van der Waals surface area contributed by atoms with E-state index in [9.17, 15) is 4.79 Å². The molecule has 0 aliphatic heterocycles. The van der Waals surface area contributed by atoms with E-state index in [0.29, 0.717) is 0 Å². The summed E-state index contributed by atoms with van der Waals surface area (Å²) in [6.07, 6.45) is 1.39. The first-order chi connectivity index (χ1) is 9.15. The van der Waals surface area contributed by atoms with Gasteiger partial charge < -0.3 is 15.4 Å². The van der Waals surface area contributed by atoms with E-state index in [-0.39, 0.29) is 36.8 Å². The van der Waals surface area contributed by atoms with Crippen LogP contribution in [0, 0.1) is 22.7 Å². The SMILES string of the molecule is CCOC(=O)c1ccnc(N(CC#N)CC#N)c1N. The molecule has 7 nitrogen and oxygen atoms in total. The number of pyridine rings is 1. The Kier molecular flexibility index (Phi) is 5.12. The Balaban J connectivity index is 3.16. The molecule has 1 aromatic heterocycles. The van der Waals surface area contributed by atoms with Crippen LogP contribution in [0.2, 0.25) is 0 Å².